The minimum atomic E-state index is -1.65. The number of rotatable bonds is 2. The zero-order valence-corrected chi connectivity index (χ0v) is 11.8. The predicted octanol–water partition coefficient (Wildman–Crippen LogP) is 3.82. The van der Waals surface area contributed by atoms with E-state index >= 15 is 0 Å². The van der Waals surface area contributed by atoms with Gasteiger partial charge >= 0.3 is 0 Å². The van der Waals surface area contributed by atoms with Crippen LogP contribution in [0.25, 0.3) is 0 Å². The molecular formula is C13H8BrF3N2O. The van der Waals surface area contributed by atoms with E-state index in [4.69, 9.17) is 0 Å². The van der Waals surface area contributed by atoms with Crippen LogP contribution < -0.4 is 5.32 Å². The molecule has 1 heterocycles. The van der Waals surface area contributed by atoms with Gasteiger partial charge in [-0.15, -0.1) is 0 Å². The highest BCUT2D eigenvalue weighted by Gasteiger charge is 2.19. The summed E-state index contributed by atoms with van der Waals surface area (Å²) in [4.78, 5) is 14.5. The van der Waals surface area contributed by atoms with Crippen molar-refractivity contribution in [3.05, 3.63) is 57.6 Å². The Bertz CT molecular complexity index is 692. The summed E-state index contributed by atoms with van der Waals surface area (Å²) < 4.78 is 40.0. The minimum Gasteiger partial charge on any atom is -0.322 e. The van der Waals surface area contributed by atoms with Crippen molar-refractivity contribution in [3.63, 3.8) is 0 Å². The number of halogens is 4. The van der Waals surface area contributed by atoms with Gasteiger partial charge in [0.05, 0.1) is 5.56 Å². The normalized spacial score (nSPS) is 10.4. The van der Waals surface area contributed by atoms with E-state index in [0.29, 0.717) is 11.8 Å². The van der Waals surface area contributed by atoms with Crippen LogP contribution in [0.2, 0.25) is 0 Å². The molecule has 0 fully saturated rings. The second-order valence-corrected chi connectivity index (χ2v) is 4.87. The molecule has 0 saturated heterocycles. The van der Waals surface area contributed by atoms with E-state index in [1.165, 1.54) is 0 Å². The first-order chi connectivity index (χ1) is 9.38. The van der Waals surface area contributed by atoms with Gasteiger partial charge in [-0.25, -0.2) is 4.39 Å². The highest BCUT2D eigenvalue weighted by molar-refractivity contribution is 9.10. The quantitative estimate of drug-likeness (QED) is 0.841. The lowest BCUT2D eigenvalue weighted by Gasteiger charge is -2.08. The maximum atomic E-state index is 13.4. The van der Waals surface area contributed by atoms with Crippen LogP contribution in [0.1, 0.15) is 15.9 Å². The molecule has 104 valence electrons. The Morgan fingerprint density at radius 1 is 1.25 bits per heavy atom. The van der Waals surface area contributed by atoms with Gasteiger partial charge < -0.3 is 5.32 Å². The number of nitrogens with one attached hydrogen (secondary N) is 1. The number of hydrogen-bond acceptors (Lipinski definition) is 2. The molecule has 1 aromatic heterocycles. The first kappa shape index (κ1) is 14.5. The largest absolute Gasteiger partial charge is 0.322 e. The van der Waals surface area contributed by atoms with Gasteiger partial charge in [0, 0.05) is 16.2 Å². The summed E-state index contributed by atoms with van der Waals surface area (Å²) in [7, 11) is 0. The fraction of sp³-hybridized carbons (Fsp3) is 0.0769. The predicted molar refractivity (Wildman–Crippen MR) is 70.9 cm³/mol. The first-order valence-electron chi connectivity index (χ1n) is 5.47. The summed E-state index contributed by atoms with van der Waals surface area (Å²) in [6, 6.07) is 5.45. The summed E-state index contributed by atoms with van der Waals surface area (Å²) in [5.74, 6) is -5.37. The second-order valence-electron chi connectivity index (χ2n) is 4.02. The van der Waals surface area contributed by atoms with Crippen LogP contribution in [0, 0.1) is 24.6 Å². The molecule has 20 heavy (non-hydrogen) atoms. The van der Waals surface area contributed by atoms with Crippen LogP contribution in [-0.4, -0.2) is 10.9 Å². The van der Waals surface area contributed by atoms with Gasteiger partial charge in [0.15, 0.2) is 5.82 Å². The molecule has 0 aliphatic rings. The number of carbonyl (C=O) groups is 1. The van der Waals surface area contributed by atoms with Crippen molar-refractivity contribution in [1.29, 1.82) is 0 Å². The zero-order chi connectivity index (χ0) is 14.9. The zero-order valence-electron chi connectivity index (χ0n) is 10.2. The van der Waals surface area contributed by atoms with Crippen molar-refractivity contribution < 1.29 is 18.0 Å². The molecule has 7 heteroatoms. The van der Waals surface area contributed by atoms with E-state index in [1.807, 2.05) is 6.92 Å². The Labute approximate surface area is 121 Å². The third-order valence-electron chi connectivity index (χ3n) is 2.56. The van der Waals surface area contributed by atoms with Gasteiger partial charge in [0.2, 0.25) is 5.95 Å². The molecule has 1 amide bonds. The first-order valence-corrected chi connectivity index (χ1v) is 6.27. The number of pyridine rings is 1. The van der Waals surface area contributed by atoms with Crippen LogP contribution >= 0.6 is 15.9 Å². The van der Waals surface area contributed by atoms with Gasteiger partial charge in [-0.05, 0) is 24.6 Å². The average Bonchev–Trinajstić information content (AvgIpc) is 2.38. The van der Waals surface area contributed by atoms with Crippen LogP contribution in [0.5, 0.6) is 0 Å². The van der Waals surface area contributed by atoms with Crippen molar-refractivity contribution in [2.24, 2.45) is 0 Å². The second kappa shape index (κ2) is 5.62. The Morgan fingerprint density at radius 3 is 2.60 bits per heavy atom. The number of carbonyl (C=O) groups excluding carboxylic acids is 1. The number of benzene rings is 1. The topological polar surface area (TPSA) is 42.0 Å². The van der Waals surface area contributed by atoms with E-state index in [1.54, 1.807) is 18.2 Å². The molecule has 0 atom stereocenters. The Kier molecular flexibility index (Phi) is 4.08. The van der Waals surface area contributed by atoms with Crippen LogP contribution in [-0.2, 0) is 0 Å². The Hall–Kier alpha value is -1.89. The lowest BCUT2D eigenvalue weighted by atomic mass is 10.2. The molecule has 1 aromatic carbocycles. The van der Waals surface area contributed by atoms with Gasteiger partial charge in [-0.1, -0.05) is 22.0 Å². The average molecular weight is 345 g/mol. The molecule has 0 spiro atoms. The van der Waals surface area contributed by atoms with Crippen molar-refractivity contribution >= 4 is 27.5 Å². The van der Waals surface area contributed by atoms with Crippen LogP contribution in [0.15, 0.2) is 28.7 Å². The smallest absolute Gasteiger partial charge is 0.258 e. The molecule has 2 rings (SSSR count). The number of aryl methyl sites for hydroxylation is 1. The summed E-state index contributed by atoms with van der Waals surface area (Å²) in [6.07, 6.45) is 0. The number of hydrogen-bond donors (Lipinski definition) is 1. The van der Waals surface area contributed by atoms with Crippen LogP contribution in [0.3, 0.4) is 0 Å². The summed E-state index contributed by atoms with van der Waals surface area (Å²) in [6.45, 7) is 1.85. The van der Waals surface area contributed by atoms with Crippen molar-refractivity contribution in [1.82, 2.24) is 4.98 Å². The van der Waals surface area contributed by atoms with Crippen molar-refractivity contribution in [3.8, 4) is 0 Å². The van der Waals surface area contributed by atoms with E-state index in [0.717, 1.165) is 10.0 Å². The number of nitrogens with zero attached hydrogens (tertiary/aromatic N) is 1. The minimum absolute atomic E-state index is 0.365. The molecule has 0 radical (unpaired) electrons. The number of anilines is 1. The molecule has 0 aliphatic heterocycles. The summed E-state index contributed by atoms with van der Waals surface area (Å²) in [5, 5.41) is 2.35. The standard InChI is InChI=1S/C13H8BrF3N2O/c1-6-2-3-7(4-9(6)14)18-13(20)8-5-10(15)19-12(17)11(8)16/h2-5H,1H3,(H,18,20). The van der Waals surface area contributed by atoms with E-state index in [9.17, 15) is 18.0 Å². The third kappa shape index (κ3) is 2.98. The lowest BCUT2D eigenvalue weighted by molar-refractivity contribution is 0.102. The van der Waals surface area contributed by atoms with Gasteiger partial charge in [-0.3, -0.25) is 4.79 Å². The highest BCUT2D eigenvalue weighted by Crippen LogP contribution is 2.21. The van der Waals surface area contributed by atoms with Gasteiger partial charge in [0.25, 0.3) is 11.9 Å². The van der Waals surface area contributed by atoms with Gasteiger partial charge in [0.1, 0.15) is 0 Å². The summed E-state index contributed by atoms with van der Waals surface area (Å²) >= 11 is 3.27. The van der Waals surface area contributed by atoms with E-state index in [2.05, 4.69) is 26.2 Å². The summed E-state index contributed by atoms with van der Waals surface area (Å²) in [5.41, 5.74) is 0.561. The van der Waals surface area contributed by atoms with Crippen LogP contribution in [0.4, 0.5) is 18.9 Å². The molecule has 1 N–H and O–H groups in total. The lowest BCUT2D eigenvalue weighted by Crippen LogP contribution is -2.16. The van der Waals surface area contributed by atoms with E-state index < -0.39 is 29.2 Å². The number of amides is 1. The Balaban J connectivity index is 2.30. The Morgan fingerprint density at radius 2 is 1.95 bits per heavy atom. The molecule has 0 saturated carbocycles. The van der Waals surface area contributed by atoms with Crippen molar-refractivity contribution in [2.75, 3.05) is 5.32 Å². The molecule has 0 bridgehead atoms. The molecule has 2 aromatic rings. The monoisotopic (exact) mass is 344 g/mol. The highest BCUT2D eigenvalue weighted by atomic mass is 79.9. The van der Waals surface area contributed by atoms with E-state index in [-0.39, 0.29) is 0 Å². The van der Waals surface area contributed by atoms with Crippen molar-refractivity contribution in [2.45, 2.75) is 6.92 Å². The maximum absolute atomic E-state index is 13.4. The molecule has 3 nitrogen and oxygen atoms in total. The molecule has 0 aliphatic carbocycles. The molecular weight excluding hydrogens is 337 g/mol. The van der Waals surface area contributed by atoms with Gasteiger partial charge in [-0.2, -0.15) is 13.8 Å². The SMILES string of the molecule is Cc1ccc(NC(=O)c2cc(F)nc(F)c2F)cc1Br. The third-order valence-corrected chi connectivity index (χ3v) is 3.41. The molecule has 0 unspecified atom stereocenters. The number of aromatic nitrogens is 1. The fourth-order valence-electron chi connectivity index (χ4n) is 1.50. The fourth-order valence-corrected chi connectivity index (χ4v) is 1.88. The maximum Gasteiger partial charge on any atom is 0.258 e.